The molecule has 0 bridgehead atoms. The van der Waals surface area contributed by atoms with Crippen molar-refractivity contribution in [3.8, 4) is 22.3 Å². The Labute approximate surface area is 277 Å². The van der Waals surface area contributed by atoms with E-state index in [4.69, 9.17) is 4.98 Å². The van der Waals surface area contributed by atoms with Gasteiger partial charge >= 0.3 is 0 Å². The largest absolute Gasteiger partial charge is 0.392 e. The van der Waals surface area contributed by atoms with E-state index in [9.17, 15) is 18.3 Å². The van der Waals surface area contributed by atoms with Crippen molar-refractivity contribution >= 4 is 27.0 Å². The monoisotopic (exact) mass is 650 g/mol. The molecule has 6 rings (SSSR count). The molecular weight excluding hydrogens is 609 g/mol. The molecule has 1 aliphatic rings. The van der Waals surface area contributed by atoms with Crippen molar-refractivity contribution in [2.24, 2.45) is 0 Å². The van der Waals surface area contributed by atoms with Crippen molar-refractivity contribution in [2.75, 3.05) is 33.7 Å². The third-order valence-corrected chi connectivity index (χ3v) is 10.8. The summed E-state index contributed by atoms with van der Waals surface area (Å²) < 4.78 is 29.2. The second-order valence-electron chi connectivity index (χ2n) is 13.0. The minimum Gasteiger partial charge on any atom is -0.392 e. The summed E-state index contributed by atoms with van der Waals surface area (Å²) in [7, 11) is -0.119. The lowest BCUT2D eigenvalue weighted by Crippen LogP contribution is -2.32. The zero-order valence-electron chi connectivity index (χ0n) is 27.6. The molecule has 9 heteroatoms. The maximum atomic E-state index is 14.0. The number of aryl methyl sites for hydroxylation is 2. The molecule has 2 unspecified atom stereocenters. The topological polar surface area (TPSA) is 95.7 Å². The highest BCUT2D eigenvalue weighted by Crippen LogP contribution is 2.36. The fourth-order valence-corrected chi connectivity index (χ4v) is 8.02. The van der Waals surface area contributed by atoms with Crippen LogP contribution in [-0.4, -0.2) is 78.0 Å². The molecule has 1 aliphatic heterocycles. The Kier molecular flexibility index (Phi) is 9.07. The molecule has 1 N–H and O–H groups in total. The van der Waals surface area contributed by atoms with Crippen molar-refractivity contribution in [2.45, 2.75) is 50.5 Å². The lowest BCUT2D eigenvalue weighted by molar-refractivity contribution is 0.0703. The fourth-order valence-electron chi connectivity index (χ4n) is 6.70. The van der Waals surface area contributed by atoms with Crippen LogP contribution in [0, 0.1) is 13.8 Å². The average Bonchev–Trinajstić information content (AvgIpc) is 3.44. The number of fused-ring (bicyclic) bond motifs is 1. The quantitative estimate of drug-likeness (QED) is 0.206. The number of amides is 1. The van der Waals surface area contributed by atoms with E-state index in [1.165, 1.54) is 32.8 Å². The highest BCUT2D eigenvalue weighted by atomic mass is 32.2. The number of nitrogens with zero attached hydrogens (tertiary/aromatic N) is 4. The third kappa shape index (κ3) is 6.61. The van der Waals surface area contributed by atoms with E-state index in [1.54, 1.807) is 62.8 Å². The summed E-state index contributed by atoms with van der Waals surface area (Å²) in [6.07, 6.45) is 5.12. The van der Waals surface area contributed by atoms with Gasteiger partial charge in [0.25, 0.3) is 15.9 Å². The first-order chi connectivity index (χ1) is 22.4. The Bertz CT molecular complexity index is 2030. The van der Waals surface area contributed by atoms with E-state index in [2.05, 4.69) is 37.1 Å². The highest BCUT2D eigenvalue weighted by Gasteiger charge is 2.25. The minimum absolute atomic E-state index is 0.180. The molecule has 1 fully saturated rings. The lowest BCUT2D eigenvalue weighted by Gasteiger charge is -2.31. The number of piperidine rings is 1. The summed E-state index contributed by atoms with van der Waals surface area (Å²) in [4.78, 5) is 21.8. The standard InChI is InChI=1S/C38H42N4O4S/c1-25-8-15-33(16-9-25)47(45,46)42-24-36(28-10-12-29(13-11-28)38(44)41(5)22-27(3)43)35-20-32(21-39-37(35)42)30-14-17-34(26(2)19-30)31-7-6-18-40(4)23-31/h8-17,19-21,24,27,31,43H,6-7,18,22-23H2,1-5H3. The molecule has 8 nitrogen and oxygen atoms in total. The van der Waals surface area contributed by atoms with Crippen LogP contribution < -0.4 is 0 Å². The maximum Gasteiger partial charge on any atom is 0.269 e. The summed E-state index contributed by atoms with van der Waals surface area (Å²) in [5.74, 6) is 0.308. The number of benzene rings is 3. The predicted molar refractivity (Wildman–Crippen MR) is 187 cm³/mol. The van der Waals surface area contributed by atoms with Crippen LogP contribution in [0.2, 0.25) is 0 Å². The molecule has 5 aromatic rings. The first-order valence-corrected chi connectivity index (χ1v) is 17.5. The third-order valence-electron chi connectivity index (χ3n) is 9.18. The van der Waals surface area contributed by atoms with Crippen molar-refractivity contribution in [1.82, 2.24) is 18.8 Å². The first-order valence-electron chi connectivity index (χ1n) is 16.1. The van der Waals surface area contributed by atoms with Gasteiger partial charge in [-0.2, -0.15) is 0 Å². The van der Waals surface area contributed by atoms with E-state index in [-0.39, 0.29) is 17.3 Å². The van der Waals surface area contributed by atoms with Crippen LogP contribution in [0.1, 0.15) is 52.7 Å². The van der Waals surface area contributed by atoms with E-state index < -0.39 is 16.1 Å². The number of aliphatic hydroxyl groups excluding tert-OH is 1. The lowest BCUT2D eigenvalue weighted by atomic mass is 9.87. The highest BCUT2D eigenvalue weighted by molar-refractivity contribution is 7.90. The van der Waals surface area contributed by atoms with Gasteiger partial charge in [-0.3, -0.25) is 4.79 Å². The first kappa shape index (κ1) is 32.6. The fraction of sp³-hybridized carbons (Fsp3) is 0.316. The van der Waals surface area contributed by atoms with Crippen molar-refractivity contribution < 1.29 is 18.3 Å². The number of likely N-dealkylation sites (tertiary alicyclic amines) is 1. The number of rotatable bonds is 8. The van der Waals surface area contributed by atoms with E-state index in [0.717, 1.165) is 35.3 Å². The number of likely N-dealkylation sites (N-methyl/N-ethyl adjacent to an activating group) is 2. The SMILES string of the molecule is Cc1ccc(S(=O)(=O)n2cc(-c3ccc(C(=O)N(C)CC(C)O)cc3)c3cc(-c4ccc(C5CCCN(C)C5)c(C)c4)cnc32)cc1. The average molecular weight is 651 g/mol. The molecule has 0 radical (unpaired) electrons. The van der Waals surface area contributed by atoms with Crippen LogP contribution >= 0.6 is 0 Å². The van der Waals surface area contributed by atoms with Gasteiger partial charge in [0.1, 0.15) is 0 Å². The van der Waals surface area contributed by atoms with Crippen molar-refractivity contribution in [3.05, 3.63) is 107 Å². The van der Waals surface area contributed by atoms with Gasteiger partial charge in [0, 0.05) is 54.6 Å². The number of hydrogen-bond donors (Lipinski definition) is 1. The molecule has 0 spiro atoms. The number of pyridine rings is 1. The Morgan fingerprint density at radius 1 is 1.00 bits per heavy atom. The second kappa shape index (κ2) is 13.1. The number of carbonyl (C=O) groups is 1. The van der Waals surface area contributed by atoms with Crippen LogP contribution in [0.25, 0.3) is 33.3 Å². The Balaban J connectivity index is 1.44. The summed E-state index contributed by atoms with van der Waals surface area (Å²) >= 11 is 0. The van der Waals surface area contributed by atoms with E-state index >= 15 is 0 Å². The summed E-state index contributed by atoms with van der Waals surface area (Å²) in [5.41, 5.74) is 7.76. The van der Waals surface area contributed by atoms with E-state index in [1.807, 2.05) is 25.1 Å². The Morgan fingerprint density at radius 3 is 2.36 bits per heavy atom. The minimum atomic E-state index is -3.95. The molecule has 2 atom stereocenters. The second-order valence-corrected chi connectivity index (χ2v) is 14.9. The van der Waals surface area contributed by atoms with Crippen LogP contribution in [0.3, 0.4) is 0 Å². The van der Waals surface area contributed by atoms with Gasteiger partial charge < -0.3 is 14.9 Å². The summed E-state index contributed by atoms with van der Waals surface area (Å²) in [6, 6.07) is 22.5. The van der Waals surface area contributed by atoms with Crippen LogP contribution in [0.5, 0.6) is 0 Å². The van der Waals surface area contributed by atoms with Crippen molar-refractivity contribution in [1.29, 1.82) is 0 Å². The molecule has 3 aromatic carbocycles. The van der Waals surface area contributed by atoms with Crippen LogP contribution in [0.15, 0.2) is 90.1 Å². The van der Waals surface area contributed by atoms with Gasteiger partial charge in [0.05, 0.1) is 11.0 Å². The van der Waals surface area contributed by atoms with Gasteiger partial charge in [-0.1, -0.05) is 48.0 Å². The number of aliphatic hydroxyl groups is 1. The zero-order valence-corrected chi connectivity index (χ0v) is 28.5. The summed E-state index contributed by atoms with van der Waals surface area (Å²) in [5, 5.41) is 10.4. The molecule has 1 amide bonds. The molecule has 47 heavy (non-hydrogen) atoms. The van der Waals surface area contributed by atoms with Gasteiger partial charge in [-0.15, -0.1) is 0 Å². The zero-order chi connectivity index (χ0) is 33.5. The Morgan fingerprint density at radius 2 is 1.70 bits per heavy atom. The predicted octanol–water partition coefficient (Wildman–Crippen LogP) is 6.49. The number of hydrogen-bond acceptors (Lipinski definition) is 6. The molecule has 2 aromatic heterocycles. The number of aromatic nitrogens is 2. The van der Waals surface area contributed by atoms with Gasteiger partial charge in [-0.05, 0) is 106 Å². The van der Waals surface area contributed by atoms with Crippen LogP contribution in [-0.2, 0) is 10.0 Å². The molecule has 244 valence electrons. The number of carbonyl (C=O) groups excluding carboxylic acids is 1. The van der Waals surface area contributed by atoms with Crippen LogP contribution in [0.4, 0.5) is 0 Å². The van der Waals surface area contributed by atoms with E-state index in [0.29, 0.717) is 28.1 Å². The molecular formula is C38H42N4O4S. The van der Waals surface area contributed by atoms with Gasteiger partial charge in [-0.25, -0.2) is 17.4 Å². The Hall–Kier alpha value is -4.31. The van der Waals surface area contributed by atoms with Gasteiger partial charge in [0.15, 0.2) is 5.65 Å². The molecule has 3 heterocycles. The van der Waals surface area contributed by atoms with Crippen molar-refractivity contribution in [3.63, 3.8) is 0 Å². The smallest absolute Gasteiger partial charge is 0.269 e. The molecule has 0 aliphatic carbocycles. The van der Waals surface area contributed by atoms with Gasteiger partial charge in [0.2, 0.25) is 0 Å². The molecule has 0 saturated carbocycles. The summed E-state index contributed by atoms with van der Waals surface area (Å²) in [6.45, 7) is 8.14. The maximum absolute atomic E-state index is 14.0. The normalized spacial score (nSPS) is 16.3. The molecule has 1 saturated heterocycles.